The number of benzene rings is 1. The molecule has 1 aromatic carbocycles. The van der Waals surface area contributed by atoms with E-state index in [1.165, 1.54) is 18.3 Å². The van der Waals surface area contributed by atoms with Crippen molar-refractivity contribution >= 4 is 17.6 Å². The second-order valence-electron chi connectivity index (χ2n) is 4.08. The zero-order valence-electron chi connectivity index (χ0n) is 11.0. The molecule has 7 heteroatoms. The fraction of sp³-hybridized carbons (Fsp3) is 0.0714. The summed E-state index contributed by atoms with van der Waals surface area (Å²) in [5, 5.41) is 2.44. The average Bonchev–Trinajstić information content (AvgIpc) is 2.48. The van der Waals surface area contributed by atoms with Crippen molar-refractivity contribution in [1.29, 1.82) is 0 Å². The summed E-state index contributed by atoms with van der Waals surface area (Å²) >= 11 is 0. The van der Waals surface area contributed by atoms with E-state index < -0.39 is 23.3 Å². The van der Waals surface area contributed by atoms with Crippen LogP contribution >= 0.6 is 0 Å². The van der Waals surface area contributed by atoms with E-state index in [1.807, 2.05) is 0 Å². The molecular formula is C14H11FN2O4. The molecule has 0 radical (unpaired) electrons. The Morgan fingerprint density at radius 2 is 2.00 bits per heavy atom. The molecule has 0 aliphatic rings. The van der Waals surface area contributed by atoms with Crippen LogP contribution in [0.2, 0.25) is 0 Å². The molecule has 0 aliphatic carbocycles. The predicted octanol–water partition coefficient (Wildman–Crippen LogP) is 1.55. The zero-order chi connectivity index (χ0) is 15.4. The van der Waals surface area contributed by atoms with Crippen molar-refractivity contribution in [3.05, 3.63) is 63.8 Å². The highest BCUT2D eigenvalue weighted by Crippen LogP contribution is 2.18. The van der Waals surface area contributed by atoms with Gasteiger partial charge in [0.2, 0.25) is 5.56 Å². The fourth-order valence-corrected chi connectivity index (χ4v) is 1.68. The molecule has 0 saturated carbocycles. The molecule has 2 aromatic rings. The van der Waals surface area contributed by atoms with Crippen LogP contribution in [-0.2, 0) is 4.74 Å². The number of hydrogen-bond acceptors (Lipinski definition) is 4. The van der Waals surface area contributed by atoms with Crippen LogP contribution in [0.4, 0.5) is 10.1 Å². The highest BCUT2D eigenvalue weighted by atomic mass is 19.1. The minimum absolute atomic E-state index is 0.0912. The normalized spacial score (nSPS) is 10.0. The van der Waals surface area contributed by atoms with Gasteiger partial charge in [0.25, 0.3) is 5.91 Å². The molecule has 0 bridgehead atoms. The maximum absolute atomic E-state index is 13.2. The van der Waals surface area contributed by atoms with Gasteiger partial charge in [0.05, 0.1) is 18.4 Å². The first-order chi connectivity index (χ1) is 10.0. The summed E-state index contributed by atoms with van der Waals surface area (Å²) in [6, 6.07) is 5.81. The first-order valence-corrected chi connectivity index (χ1v) is 5.89. The van der Waals surface area contributed by atoms with Gasteiger partial charge in [-0.15, -0.1) is 0 Å². The van der Waals surface area contributed by atoms with Gasteiger partial charge in [-0.1, -0.05) is 0 Å². The van der Waals surface area contributed by atoms with Crippen molar-refractivity contribution in [1.82, 2.24) is 4.98 Å². The van der Waals surface area contributed by atoms with Gasteiger partial charge in [-0.3, -0.25) is 9.59 Å². The third-order valence-corrected chi connectivity index (χ3v) is 2.67. The molecule has 0 aliphatic heterocycles. The number of rotatable bonds is 3. The smallest absolute Gasteiger partial charge is 0.340 e. The summed E-state index contributed by atoms with van der Waals surface area (Å²) in [4.78, 5) is 37.1. The van der Waals surface area contributed by atoms with Gasteiger partial charge < -0.3 is 15.0 Å². The number of amides is 1. The summed E-state index contributed by atoms with van der Waals surface area (Å²) in [5.74, 6) is -2.02. The molecule has 2 N–H and O–H groups in total. The Morgan fingerprint density at radius 3 is 2.67 bits per heavy atom. The number of aromatic nitrogens is 1. The van der Waals surface area contributed by atoms with Crippen LogP contribution < -0.4 is 10.9 Å². The number of methoxy groups -OCH3 is 1. The predicted molar refractivity (Wildman–Crippen MR) is 72.8 cm³/mol. The molecule has 0 spiro atoms. The lowest BCUT2D eigenvalue weighted by molar-refractivity contribution is 0.0601. The Morgan fingerprint density at radius 1 is 1.24 bits per heavy atom. The molecule has 0 fully saturated rings. The van der Waals surface area contributed by atoms with Crippen LogP contribution in [0.15, 0.2) is 41.3 Å². The van der Waals surface area contributed by atoms with E-state index in [0.29, 0.717) is 0 Å². The van der Waals surface area contributed by atoms with Crippen LogP contribution in [0.25, 0.3) is 0 Å². The Kier molecular flexibility index (Phi) is 4.13. The number of H-pyrrole nitrogens is 1. The summed E-state index contributed by atoms with van der Waals surface area (Å²) < 4.78 is 17.7. The van der Waals surface area contributed by atoms with Crippen LogP contribution in [0, 0.1) is 5.82 Å². The summed E-state index contributed by atoms with van der Waals surface area (Å²) in [6.07, 6.45) is 1.32. The quantitative estimate of drug-likeness (QED) is 0.839. The van der Waals surface area contributed by atoms with E-state index in [4.69, 9.17) is 0 Å². The van der Waals surface area contributed by atoms with Gasteiger partial charge in [0.15, 0.2) is 0 Å². The number of carbonyl (C=O) groups is 2. The minimum atomic E-state index is -0.782. The Bertz CT molecular complexity index is 755. The number of anilines is 1. The van der Waals surface area contributed by atoms with E-state index in [2.05, 4.69) is 15.0 Å². The summed E-state index contributed by atoms with van der Waals surface area (Å²) in [6.45, 7) is 0. The van der Waals surface area contributed by atoms with Gasteiger partial charge in [0, 0.05) is 17.8 Å². The molecule has 0 unspecified atom stereocenters. The Balaban J connectivity index is 2.33. The second-order valence-corrected chi connectivity index (χ2v) is 4.08. The SMILES string of the molecule is COC(=O)c1cc(F)ccc1NC(=O)c1cc[nH]c(=O)c1. The maximum atomic E-state index is 13.2. The summed E-state index contributed by atoms with van der Waals surface area (Å²) in [7, 11) is 1.15. The lowest BCUT2D eigenvalue weighted by Crippen LogP contribution is -2.18. The van der Waals surface area contributed by atoms with Gasteiger partial charge in [-0.05, 0) is 24.3 Å². The second kappa shape index (κ2) is 6.00. The van der Waals surface area contributed by atoms with E-state index in [1.54, 1.807) is 0 Å². The van der Waals surface area contributed by atoms with Gasteiger partial charge >= 0.3 is 5.97 Å². The Hall–Kier alpha value is -2.96. The van der Waals surface area contributed by atoms with Crippen molar-refractivity contribution in [3.63, 3.8) is 0 Å². The van der Waals surface area contributed by atoms with Crippen LogP contribution in [-0.4, -0.2) is 24.0 Å². The highest BCUT2D eigenvalue weighted by molar-refractivity contribution is 6.07. The average molecular weight is 290 g/mol. The topological polar surface area (TPSA) is 88.3 Å². The molecule has 0 saturated heterocycles. The Labute approximate surface area is 118 Å². The van der Waals surface area contributed by atoms with Crippen molar-refractivity contribution in [3.8, 4) is 0 Å². The van der Waals surface area contributed by atoms with Crippen molar-refractivity contribution in [2.24, 2.45) is 0 Å². The molecule has 0 atom stereocenters. The van der Waals surface area contributed by atoms with Crippen LogP contribution in [0.1, 0.15) is 20.7 Å². The number of carbonyl (C=O) groups excluding carboxylic acids is 2. The molecule has 21 heavy (non-hydrogen) atoms. The molecule has 108 valence electrons. The molecule has 1 aromatic heterocycles. The number of aromatic amines is 1. The number of nitrogens with one attached hydrogen (secondary N) is 2. The van der Waals surface area contributed by atoms with Crippen LogP contribution in [0.5, 0.6) is 0 Å². The standard InChI is InChI=1S/C14H11FN2O4/c1-21-14(20)10-7-9(15)2-3-11(10)17-13(19)8-4-5-16-12(18)6-8/h2-7H,1H3,(H,16,18)(H,17,19). The number of pyridine rings is 1. The first kappa shape index (κ1) is 14.4. The minimum Gasteiger partial charge on any atom is -0.465 e. The van der Waals surface area contributed by atoms with E-state index >= 15 is 0 Å². The third kappa shape index (κ3) is 3.33. The fourth-order valence-electron chi connectivity index (χ4n) is 1.68. The number of esters is 1. The van der Waals surface area contributed by atoms with Gasteiger partial charge in [0.1, 0.15) is 5.82 Å². The number of ether oxygens (including phenoxy) is 1. The lowest BCUT2D eigenvalue weighted by atomic mass is 10.1. The van der Waals surface area contributed by atoms with E-state index in [0.717, 1.165) is 25.3 Å². The number of halogens is 1. The van der Waals surface area contributed by atoms with Crippen molar-refractivity contribution in [2.45, 2.75) is 0 Å². The molecule has 1 heterocycles. The van der Waals surface area contributed by atoms with Crippen molar-refractivity contribution < 1.29 is 18.7 Å². The molecule has 1 amide bonds. The molecule has 2 rings (SSSR count). The number of hydrogen-bond donors (Lipinski definition) is 2. The molecular weight excluding hydrogens is 279 g/mol. The largest absolute Gasteiger partial charge is 0.465 e. The van der Waals surface area contributed by atoms with Crippen molar-refractivity contribution in [2.75, 3.05) is 12.4 Å². The maximum Gasteiger partial charge on any atom is 0.340 e. The van der Waals surface area contributed by atoms with Crippen LogP contribution in [0.3, 0.4) is 0 Å². The summed E-state index contributed by atoms with van der Waals surface area (Å²) in [5.41, 5.74) is -0.349. The van der Waals surface area contributed by atoms with E-state index in [-0.39, 0.29) is 16.8 Å². The molecule has 6 nitrogen and oxygen atoms in total. The van der Waals surface area contributed by atoms with Gasteiger partial charge in [-0.25, -0.2) is 9.18 Å². The van der Waals surface area contributed by atoms with E-state index in [9.17, 15) is 18.8 Å². The first-order valence-electron chi connectivity index (χ1n) is 5.89. The highest BCUT2D eigenvalue weighted by Gasteiger charge is 2.16. The zero-order valence-corrected chi connectivity index (χ0v) is 11.0. The van der Waals surface area contributed by atoms with Gasteiger partial charge in [-0.2, -0.15) is 0 Å². The third-order valence-electron chi connectivity index (χ3n) is 2.67. The lowest BCUT2D eigenvalue weighted by Gasteiger charge is -2.09. The monoisotopic (exact) mass is 290 g/mol.